The topological polar surface area (TPSA) is 217 Å². The number of carbonyl (C=O) groups is 4. The highest BCUT2D eigenvalue weighted by molar-refractivity contribution is 8.00. The van der Waals surface area contributed by atoms with E-state index in [1.807, 2.05) is 43.2 Å². The average molecular weight is 635 g/mol. The van der Waals surface area contributed by atoms with Crippen molar-refractivity contribution in [2.45, 2.75) is 37.4 Å². The standard InChI is InChI=1S/C25H31N9O7S2/c1-25(2,23(39)40)41-30-15(18-29-24(26)43-31-18)19(35)28-16-20(36)34-17(22(37)38)13(12-42-21(16)34)11-33-8-5-14(6-9-33)32(4)10-7-27-3/h5-6,8-9,16,21,27H,7,10-12H2,1-4H3,(H4-,26,28,29,31,35,37,38,39,40)/p+1/b30-15-. The van der Waals surface area contributed by atoms with E-state index in [0.29, 0.717) is 11.3 Å². The largest absolute Gasteiger partial charge is 0.478 e. The summed E-state index contributed by atoms with van der Waals surface area (Å²) in [7, 11) is 3.86. The second kappa shape index (κ2) is 12.9. The number of likely N-dealkylation sites (N-methyl/N-ethyl adjacent to an activating group) is 2. The number of nitrogen functional groups attached to an aromatic ring is 1. The van der Waals surface area contributed by atoms with E-state index in [2.05, 4.69) is 30.0 Å². The molecule has 0 radical (unpaired) electrons. The number of nitrogens with one attached hydrogen (secondary N) is 2. The summed E-state index contributed by atoms with van der Waals surface area (Å²) >= 11 is 2.09. The maximum absolute atomic E-state index is 13.2. The van der Waals surface area contributed by atoms with Crippen molar-refractivity contribution in [2.24, 2.45) is 5.16 Å². The molecule has 230 valence electrons. The van der Waals surface area contributed by atoms with E-state index in [4.69, 9.17) is 10.6 Å². The molecule has 0 bridgehead atoms. The molecule has 0 aliphatic carbocycles. The second-order valence-electron chi connectivity index (χ2n) is 10.2. The quantitative estimate of drug-likeness (QED) is 0.0781. The van der Waals surface area contributed by atoms with E-state index in [-0.39, 0.29) is 23.2 Å². The second-order valence-corrected chi connectivity index (χ2v) is 12.1. The molecule has 2 aliphatic heterocycles. The smallest absolute Gasteiger partial charge is 0.352 e. The van der Waals surface area contributed by atoms with Crippen LogP contribution in [0, 0.1) is 0 Å². The van der Waals surface area contributed by atoms with E-state index >= 15 is 0 Å². The predicted molar refractivity (Wildman–Crippen MR) is 157 cm³/mol. The van der Waals surface area contributed by atoms with Gasteiger partial charge in [-0.15, -0.1) is 11.8 Å². The van der Waals surface area contributed by atoms with Crippen molar-refractivity contribution in [3.63, 3.8) is 0 Å². The summed E-state index contributed by atoms with van der Waals surface area (Å²) in [6.07, 6.45) is 3.70. The number of pyridine rings is 1. The van der Waals surface area contributed by atoms with Crippen molar-refractivity contribution in [3.05, 3.63) is 41.6 Å². The predicted octanol–water partition coefficient (Wildman–Crippen LogP) is -0.914. The normalized spacial score (nSPS) is 18.6. The Bertz CT molecular complexity index is 1480. The Morgan fingerprint density at radius 3 is 2.58 bits per heavy atom. The number of anilines is 2. The number of nitrogens with zero attached hydrogens (tertiary/aromatic N) is 6. The molecular formula is C25H32N9O7S2+. The molecule has 1 saturated heterocycles. The fraction of sp³-hybridized carbons (Fsp3) is 0.440. The monoisotopic (exact) mass is 634 g/mol. The molecule has 4 heterocycles. The van der Waals surface area contributed by atoms with E-state index in [0.717, 1.165) is 35.2 Å². The zero-order valence-electron chi connectivity index (χ0n) is 23.8. The number of carboxylic acids is 2. The first-order valence-corrected chi connectivity index (χ1v) is 14.8. The minimum absolute atomic E-state index is 0.0267. The van der Waals surface area contributed by atoms with E-state index in [9.17, 15) is 29.4 Å². The highest BCUT2D eigenvalue weighted by Crippen LogP contribution is 2.40. The van der Waals surface area contributed by atoms with E-state index < -0.39 is 46.5 Å². The van der Waals surface area contributed by atoms with Crippen LogP contribution in [0.1, 0.15) is 19.7 Å². The molecule has 2 atom stereocenters. The Morgan fingerprint density at radius 2 is 2.00 bits per heavy atom. The van der Waals surface area contributed by atoms with Crippen molar-refractivity contribution >= 4 is 63.6 Å². The lowest BCUT2D eigenvalue weighted by Crippen LogP contribution is -2.71. The van der Waals surface area contributed by atoms with E-state index in [1.54, 1.807) is 0 Å². The maximum Gasteiger partial charge on any atom is 0.352 e. The third-order valence-electron chi connectivity index (χ3n) is 6.67. The van der Waals surface area contributed by atoms with Crippen LogP contribution in [0.25, 0.3) is 0 Å². The van der Waals surface area contributed by atoms with Crippen LogP contribution in [0.4, 0.5) is 10.8 Å². The fourth-order valence-corrected chi connectivity index (χ4v) is 5.94. The molecule has 43 heavy (non-hydrogen) atoms. The first kappa shape index (κ1) is 31.6. The van der Waals surface area contributed by atoms with Gasteiger partial charge in [0.15, 0.2) is 24.1 Å². The van der Waals surface area contributed by atoms with Gasteiger partial charge in [-0.25, -0.2) is 14.2 Å². The zero-order valence-corrected chi connectivity index (χ0v) is 25.4. The number of aliphatic carboxylic acids is 2. The molecule has 2 amide bonds. The minimum atomic E-state index is -1.78. The van der Waals surface area contributed by atoms with Crippen LogP contribution >= 0.6 is 23.3 Å². The van der Waals surface area contributed by atoms with Crippen LogP contribution in [0.2, 0.25) is 0 Å². The van der Waals surface area contributed by atoms with Gasteiger partial charge in [-0.3, -0.25) is 14.5 Å². The molecule has 4 rings (SSSR count). The van der Waals surface area contributed by atoms with Crippen LogP contribution in [0.3, 0.4) is 0 Å². The number of hydrogen-bond donors (Lipinski definition) is 5. The molecule has 18 heteroatoms. The number of nitrogens with two attached hydrogens (primary N) is 1. The molecule has 2 aliphatic rings. The molecule has 16 nitrogen and oxygen atoms in total. The summed E-state index contributed by atoms with van der Waals surface area (Å²) in [5.74, 6) is -4.04. The lowest BCUT2D eigenvalue weighted by molar-refractivity contribution is -0.689. The molecule has 2 aromatic heterocycles. The molecule has 2 unspecified atom stereocenters. The summed E-state index contributed by atoms with van der Waals surface area (Å²) in [6, 6.07) is 2.78. The molecule has 0 spiro atoms. The van der Waals surface area contributed by atoms with Gasteiger partial charge in [0.2, 0.25) is 17.1 Å². The van der Waals surface area contributed by atoms with Crippen LogP contribution in [-0.2, 0) is 30.6 Å². The van der Waals surface area contributed by atoms with Gasteiger partial charge < -0.3 is 36.3 Å². The summed E-state index contributed by atoms with van der Waals surface area (Å²) in [6.45, 7) is 4.36. The van der Waals surface area contributed by atoms with Crippen molar-refractivity contribution in [2.75, 3.05) is 43.6 Å². The van der Waals surface area contributed by atoms with Gasteiger partial charge in [-0.1, -0.05) is 5.16 Å². The first-order chi connectivity index (χ1) is 20.3. The Labute approximate surface area is 254 Å². The Balaban J connectivity index is 1.50. The SMILES string of the molecule is CNCCN(C)c1cc[n+](CC2=C(C(=O)O)N3C(=O)C(NC(=O)/C(=N\OC(C)(C)C(=O)O)c4nsc(N)n4)C3SC2)cc1. The number of hydrogen-bond acceptors (Lipinski definition) is 13. The Kier molecular flexibility index (Phi) is 9.51. The number of carbonyl (C=O) groups excluding carboxylic acids is 2. The molecule has 0 aromatic carbocycles. The number of fused-ring (bicyclic) bond motifs is 1. The number of oxime groups is 1. The van der Waals surface area contributed by atoms with Crippen LogP contribution in [0.15, 0.2) is 41.0 Å². The fourth-order valence-electron chi connectivity index (χ4n) is 4.17. The molecule has 0 saturated carbocycles. The Hall–Kier alpha value is -4.29. The number of thioether (sulfide) groups is 1. The third kappa shape index (κ3) is 6.86. The minimum Gasteiger partial charge on any atom is -0.478 e. The lowest BCUT2D eigenvalue weighted by atomic mass is 10.0. The molecule has 6 N–H and O–H groups in total. The zero-order chi connectivity index (χ0) is 31.5. The van der Waals surface area contributed by atoms with Gasteiger partial charge in [0.1, 0.15) is 17.1 Å². The maximum atomic E-state index is 13.2. The van der Waals surface area contributed by atoms with Crippen LogP contribution in [-0.4, -0.2) is 104 Å². The average Bonchev–Trinajstić information content (AvgIpc) is 3.40. The van der Waals surface area contributed by atoms with Crippen molar-refractivity contribution in [3.8, 4) is 0 Å². The highest BCUT2D eigenvalue weighted by atomic mass is 32.2. The molecule has 1 fully saturated rings. The molecular weight excluding hydrogens is 602 g/mol. The summed E-state index contributed by atoms with van der Waals surface area (Å²) in [5, 5.41) is 28.0. The van der Waals surface area contributed by atoms with Crippen molar-refractivity contribution in [1.82, 2.24) is 24.9 Å². The van der Waals surface area contributed by atoms with Gasteiger partial charge in [0.25, 0.3) is 11.8 Å². The van der Waals surface area contributed by atoms with Gasteiger partial charge in [0.05, 0.1) is 0 Å². The first-order valence-electron chi connectivity index (χ1n) is 13.0. The van der Waals surface area contributed by atoms with Crippen molar-refractivity contribution < 1.29 is 38.8 Å². The van der Waals surface area contributed by atoms with Gasteiger partial charge in [-0.2, -0.15) is 9.36 Å². The highest BCUT2D eigenvalue weighted by Gasteiger charge is 2.55. The third-order valence-corrected chi connectivity index (χ3v) is 8.55. The Morgan fingerprint density at radius 1 is 1.30 bits per heavy atom. The van der Waals surface area contributed by atoms with Gasteiger partial charge in [-0.05, 0) is 20.9 Å². The van der Waals surface area contributed by atoms with E-state index in [1.165, 1.54) is 25.6 Å². The number of carboxylic acid groups (broad SMARTS) is 2. The number of rotatable bonds is 13. The molecule has 2 aromatic rings. The number of amides is 2. The summed E-state index contributed by atoms with van der Waals surface area (Å²) in [5.41, 5.74) is 4.79. The number of aromatic nitrogens is 3. The summed E-state index contributed by atoms with van der Waals surface area (Å²) < 4.78 is 5.78. The van der Waals surface area contributed by atoms with Crippen LogP contribution in [0.5, 0.6) is 0 Å². The van der Waals surface area contributed by atoms with Crippen LogP contribution < -0.4 is 25.8 Å². The van der Waals surface area contributed by atoms with Gasteiger partial charge in [0, 0.05) is 60.8 Å². The van der Waals surface area contributed by atoms with Crippen molar-refractivity contribution in [1.29, 1.82) is 0 Å². The van der Waals surface area contributed by atoms with Gasteiger partial charge >= 0.3 is 11.9 Å². The summed E-state index contributed by atoms with van der Waals surface area (Å²) in [4.78, 5) is 62.4. The lowest BCUT2D eigenvalue weighted by Gasteiger charge is -2.49. The number of β-lactam (4-membered cyclic amide) rings is 1.